The standard InChI is InChI=1S/C38H31BrN4O4S/c1-25(44)40-30-15-17-31(18-16-30)42-38(47)35(27-10-4-2-5-11-27)48-33-21-19-32(20-22-33)41-37(46)34(24-26-9-8-14-29(39)23-26)43-36(45)28-12-6-3-7-13-28/h2-24,35H,1H3,(H,40,44)(H,41,46)(H,42,47)(H,43,45)/b34-24-. The van der Waals surface area contributed by atoms with Gasteiger partial charge in [0.25, 0.3) is 11.8 Å². The van der Waals surface area contributed by atoms with Gasteiger partial charge < -0.3 is 21.3 Å². The molecule has 1 atom stereocenters. The van der Waals surface area contributed by atoms with Crippen LogP contribution in [0, 0.1) is 0 Å². The lowest BCUT2D eigenvalue weighted by atomic mass is 10.1. The van der Waals surface area contributed by atoms with Crippen molar-refractivity contribution in [2.45, 2.75) is 17.1 Å². The number of benzene rings is 5. The largest absolute Gasteiger partial charge is 0.326 e. The summed E-state index contributed by atoms with van der Waals surface area (Å²) in [7, 11) is 0. The molecular formula is C38H31BrN4O4S. The molecule has 10 heteroatoms. The van der Waals surface area contributed by atoms with E-state index < -0.39 is 17.1 Å². The van der Waals surface area contributed by atoms with E-state index in [-0.39, 0.29) is 17.5 Å². The number of thioether (sulfide) groups is 1. The highest BCUT2D eigenvalue weighted by molar-refractivity contribution is 9.10. The molecule has 0 spiro atoms. The molecule has 8 nitrogen and oxygen atoms in total. The highest BCUT2D eigenvalue weighted by Crippen LogP contribution is 2.37. The average molecular weight is 720 g/mol. The molecule has 0 saturated heterocycles. The quantitative estimate of drug-likeness (QED) is 0.0810. The maximum absolute atomic E-state index is 13.5. The van der Waals surface area contributed by atoms with Gasteiger partial charge in [0.15, 0.2) is 0 Å². The zero-order valence-corrected chi connectivity index (χ0v) is 28.2. The number of carbonyl (C=O) groups is 4. The van der Waals surface area contributed by atoms with Crippen LogP contribution >= 0.6 is 27.7 Å². The Bertz CT molecular complexity index is 1930. The minimum absolute atomic E-state index is 0.0753. The summed E-state index contributed by atoms with van der Waals surface area (Å²) in [6.45, 7) is 1.43. The first-order valence-electron chi connectivity index (χ1n) is 14.9. The summed E-state index contributed by atoms with van der Waals surface area (Å²) < 4.78 is 0.834. The number of halogens is 1. The smallest absolute Gasteiger partial charge is 0.272 e. The summed E-state index contributed by atoms with van der Waals surface area (Å²) in [5.41, 5.74) is 3.79. The number of amides is 4. The van der Waals surface area contributed by atoms with E-state index in [4.69, 9.17) is 0 Å². The first kappa shape index (κ1) is 33.9. The molecule has 5 aromatic rings. The van der Waals surface area contributed by atoms with E-state index in [2.05, 4.69) is 37.2 Å². The van der Waals surface area contributed by atoms with E-state index in [1.165, 1.54) is 18.7 Å². The number of rotatable bonds is 11. The summed E-state index contributed by atoms with van der Waals surface area (Å²) in [5, 5.41) is 10.7. The fourth-order valence-corrected chi connectivity index (χ4v) is 6.05. The van der Waals surface area contributed by atoms with Crippen LogP contribution in [0.25, 0.3) is 6.08 Å². The van der Waals surface area contributed by atoms with Crippen LogP contribution in [0.15, 0.2) is 149 Å². The van der Waals surface area contributed by atoms with Crippen molar-refractivity contribution in [2.75, 3.05) is 16.0 Å². The molecule has 48 heavy (non-hydrogen) atoms. The molecule has 4 amide bonds. The van der Waals surface area contributed by atoms with E-state index in [0.717, 1.165) is 20.5 Å². The lowest BCUT2D eigenvalue weighted by Crippen LogP contribution is -2.30. The molecule has 240 valence electrons. The van der Waals surface area contributed by atoms with Gasteiger partial charge in [-0.05, 0) is 90.0 Å². The molecule has 0 heterocycles. The number of nitrogens with one attached hydrogen (secondary N) is 4. The summed E-state index contributed by atoms with van der Waals surface area (Å²) in [5.74, 6) is -1.30. The summed E-state index contributed by atoms with van der Waals surface area (Å²) >= 11 is 4.82. The molecule has 0 aliphatic rings. The van der Waals surface area contributed by atoms with Gasteiger partial charge in [-0.3, -0.25) is 19.2 Å². The van der Waals surface area contributed by atoms with Gasteiger partial charge in [-0.1, -0.05) is 76.6 Å². The zero-order valence-electron chi connectivity index (χ0n) is 25.8. The molecule has 4 N–H and O–H groups in total. The fraction of sp³-hybridized carbons (Fsp3) is 0.0526. The first-order chi connectivity index (χ1) is 23.2. The Morgan fingerprint density at radius 2 is 1.25 bits per heavy atom. The molecule has 0 radical (unpaired) electrons. The number of carbonyl (C=O) groups excluding carboxylic acids is 4. The van der Waals surface area contributed by atoms with Crippen LogP contribution in [-0.2, 0) is 14.4 Å². The lowest BCUT2D eigenvalue weighted by Gasteiger charge is -2.18. The second kappa shape index (κ2) is 16.4. The molecule has 0 fully saturated rings. The summed E-state index contributed by atoms with van der Waals surface area (Å²) in [6.07, 6.45) is 1.61. The van der Waals surface area contributed by atoms with Crippen LogP contribution in [0.3, 0.4) is 0 Å². The maximum atomic E-state index is 13.5. The third-order valence-corrected chi connectivity index (χ3v) is 8.63. The molecular weight excluding hydrogens is 688 g/mol. The van der Waals surface area contributed by atoms with Crippen LogP contribution < -0.4 is 21.3 Å². The van der Waals surface area contributed by atoms with Gasteiger partial charge in [-0.25, -0.2) is 0 Å². The SMILES string of the molecule is CC(=O)Nc1ccc(NC(=O)C(Sc2ccc(NC(=O)/C(=C/c3cccc(Br)c3)NC(=O)c3ccccc3)cc2)c2ccccc2)cc1. The van der Waals surface area contributed by atoms with Crippen molar-refractivity contribution in [1.29, 1.82) is 0 Å². The predicted octanol–water partition coefficient (Wildman–Crippen LogP) is 8.29. The summed E-state index contributed by atoms with van der Waals surface area (Å²) in [4.78, 5) is 52.1. The molecule has 1 unspecified atom stereocenters. The van der Waals surface area contributed by atoms with Gasteiger partial charge in [0, 0.05) is 38.9 Å². The molecule has 5 aromatic carbocycles. The van der Waals surface area contributed by atoms with Crippen LogP contribution in [-0.4, -0.2) is 23.6 Å². The van der Waals surface area contributed by atoms with E-state index >= 15 is 0 Å². The van der Waals surface area contributed by atoms with E-state index in [9.17, 15) is 19.2 Å². The second-order valence-electron chi connectivity index (χ2n) is 10.6. The van der Waals surface area contributed by atoms with Crippen molar-refractivity contribution in [3.63, 3.8) is 0 Å². The van der Waals surface area contributed by atoms with E-state index in [1.807, 2.05) is 72.8 Å². The van der Waals surface area contributed by atoms with Gasteiger partial charge in [-0.2, -0.15) is 0 Å². The van der Waals surface area contributed by atoms with Crippen molar-refractivity contribution in [3.05, 3.63) is 160 Å². The molecule has 0 saturated carbocycles. The predicted molar refractivity (Wildman–Crippen MR) is 196 cm³/mol. The normalized spacial score (nSPS) is 11.6. The first-order valence-corrected chi connectivity index (χ1v) is 16.6. The van der Waals surface area contributed by atoms with Crippen LogP contribution in [0.5, 0.6) is 0 Å². The molecule has 0 aliphatic heterocycles. The van der Waals surface area contributed by atoms with Crippen LogP contribution in [0.4, 0.5) is 17.1 Å². The Hall–Kier alpha value is -5.45. The molecule has 0 aliphatic carbocycles. The topological polar surface area (TPSA) is 116 Å². The fourth-order valence-electron chi connectivity index (χ4n) is 4.61. The van der Waals surface area contributed by atoms with Gasteiger partial charge >= 0.3 is 0 Å². The van der Waals surface area contributed by atoms with E-state index in [1.54, 1.807) is 66.7 Å². The highest BCUT2D eigenvalue weighted by atomic mass is 79.9. The van der Waals surface area contributed by atoms with Crippen molar-refractivity contribution in [1.82, 2.24) is 5.32 Å². The molecule has 5 rings (SSSR count). The summed E-state index contributed by atoms with van der Waals surface area (Å²) in [6, 6.07) is 39.6. The second-order valence-corrected chi connectivity index (χ2v) is 12.7. The van der Waals surface area contributed by atoms with Gasteiger partial charge in [0.05, 0.1) is 0 Å². The van der Waals surface area contributed by atoms with Crippen molar-refractivity contribution in [3.8, 4) is 0 Å². The van der Waals surface area contributed by atoms with Crippen molar-refractivity contribution in [2.24, 2.45) is 0 Å². The zero-order chi connectivity index (χ0) is 33.9. The minimum atomic E-state index is -0.574. The Balaban J connectivity index is 1.31. The molecule has 0 bridgehead atoms. The minimum Gasteiger partial charge on any atom is -0.326 e. The highest BCUT2D eigenvalue weighted by Gasteiger charge is 2.23. The Morgan fingerprint density at radius 1 is 0.667 bits per heavy atom. The van der Waals surface area contributed by atoms with Crippen molar-refractivity contribution < 1.29 is 19.2 Å². The molecule has 0 aromatic heterocycles. The Morgan fingerprint density at radius 3 is 1.88 bits per heavy atom. The Labute approximate surface area is 291 Å². The third kappa shape index (κ3) is 9.78. The average Bonchev–Trinajstić information content (AvgIpc) is 3.09. The van der Waals surface area contributed by atoms with Crippen LogP contribution in [0.1, 0.15) is 33.7 Å². The van der Waals surface area contributed by atoms with Gasteiger partial charge in [0.2, 0.25) is 11.8 Å². The lowest BCUT2D eigenvalue weighted by molar-refractivity contribution is -0.116. The number of hydrogen-bond donors (Lipinski definition) is 4. The third-order valence-electron chi connectivity index (χ3n) is 6.87. The maximum Gasteiger partial charge on any atom is 0.272 e. The van der Waals surface area contributed by atoms with Crippen molar-refractivity contribution >= 4 is 74.5 Å². The monoisotopic (exact) mass is 718 g/mol. The van der Waals surface area contributed by atoms with Gasteiger partial charge in [-0.15, -0.1) is 11.8 Å². The Kier molecular flexibility index (Phi) is 11.6. The number of hydrogen-bond acceptors (Lipinski definition) is 5. The van der Waals surface area contributed by atoms with Crippen LogP contribution in [0.2, 0.25) is 0 Å². The van der Waals surface area contributed by atoms with Gasteiger partial charge in [0.1, 0.15) is 10.9 Å². The van der Waals surface area contributed by atoms with E-state index in [0.29, 0.717) is 22.6 Å². The number of anilines is 3.